The molecule has 27 heavy (non-hydrogen) atoms. The molecule has 0 saturated carbocycles. The van der Waals surface area contributed by atoms with Crippen molar-refractivity contribution in [1.82, 2.24) is 15.6 Å². The molecule has 136 valence electrons. The maximum absolute atomic E-state index is 12.5. The van der Waals surface area contributed by atoms with E-state index in [0.717, 1.165) is 0 Å². The monoisotopic (exact) mass is 383 g/mol. The Hall–Kier alpha value is -3.19. The van der Waals surface area contributed by atoms with E-state index in [1.54, 1.807) is 30.3 Å². The summed E-state index contributed by atoms with van der Waals surface area (Å²) in [6.45, 7) is 0. The van der Waals surface area contributed by atoms with Crippen LogP contribution in [-0.4, -0.2) is 28.7 Å². The van der Waals surface area contributed by atoms with Crippen LogP contribution >= 0.6 is 11.6 Å². The number of imide groups is 1. The van der Waals surface area contributed by atoms with Crippen molar-refractivity contribution in [1.29, 1.82) is 0 Å². The third-order valence-electron chi connectivity index (χ3n) is 4.30. The molecule has 1 saturated heterocycles. The zero-order valence-electron chi connectivity index (χ0n) is 14.0. The van der Waals surface area contributed by atoms with Gasteiger partial charge in [0.25, 0.3) is 5.91 Å². The highest BCUT2D eigenvalue weighted by atomic mass is 35.5. The predicted molar refractivity (Wildman–Crippen MR) is 98.1 cm³/mol. The van der Waals surface area contributed by atoms with Crippen molar-refractivity contribution in [2.75, 3.05) is 0 Å². The topological polar surface area (TPSA) is 101 Å². The summed E-state index contributed by atoms with van der Waals surface area (Å²) in [5, 5.41) is 5.35. The SMILES string of the molecule is O=C1CCC(NC(=O)c2ccc3nc(-c4ccccc4Cl)oc3c2)C(=O)N1. The molecule has 1 unspecified atom stereocenters. The summed E-state index contributed by atoms with van der Waals surface area (Å²) in [6, 6.07) is 11.3. The Bertz CT molecular complexity index is 1080. The van der Waals surface area contributed by atoms with Gasteiger partial charge in [-0.3, -0.25) is 19.7 Å². The van der Waals surface area contributed by atoms with Gasteiger partial charge in [0.1, 0.15) is 11.6 Å². The molecule has 1 fully saturated rings. The van der Waals surface area contributed by atoms with Crippen LogP contribution < -0.4 is 10.6 Å². The van der Waals surface area contributed by atoms with Gasteiger partial charge in [0.2, 0.25) is 17.7 Å². The molecular weight excluding hydrogens is 370 g/mol. The Labute approximate surface area is 158 Å². The molecule has 0 radical (unpaired) electrons. The molecule has 4 rings (SSSR count). The minimum Gasteiger partial charge on any atom is -0.436 e. The standard InChI is InChI=1S/C19H14ClN3O4/c20-12-4-2-1-3-11(12)19-22-13-6-5-10(9-15(13)27-19)17(25)21-14-7-8-16(24)23-18(14)26/h1-6,9,14H,7-8H2,(H,21,25)(H,23,24,26). The highest BCUT2D eigenvalue weighted by molar-refractivity contribution is 6.33. The minimum absolute atomic E-state index is 0.193. The molecule has 3 aromatic rings. The molecule has 7 nitrogen and oxygen atoms in total. The average Bonchev–Trinajstić information content (AvgIpc) is 3.07. The number of nitrogens with one attached hydrogen (secondary N) is 2. The fraction of sp³-hybridized carbons (Fsp3) is 0.158. The van der Waals surface area contributed by atoms with Crippen molar-refractivity contribution in [3.8, 4) is 11.5 Å². The van der Waals surface area contributed by atoms with Crippen LogP contribution in [0.2, 0.25) is 5.02 Å². The number of hydrogen-bond donors (Lipinski definition) is 2. The Morgan fingerprint density at radius 2 is 2.04 bits per heavy atom. The fourth-order valence-electron chi connectivity index (χ4n) is 2.89. The number of nitrogens with zero attached hydrogens (tertiary/aromatic N) is 1. The quantitative estimate of drug-likeness (QED) is 0.677. The third-order valence-corrected chi connectivity index (χ3v) is 4.63. The Balaban J connectivity index is 1.58. The maximum Gasteiger partial charge on any atom is 0.252 e. The predicted octanol–water partition coefficient (Wildman–Crippen LogP) is 2.68. The van der Waals surface area contributed by atoms with Gasteiger partial charge in [-0.2, -0.15) is 0 Å². The molecule has 8 heteroatoms. The van der Waals surface area contributed by atoms with Gasteiger partial charge in [0.15, 0.2) is 5.58 Å². The van der Waals surface area contributed by atoms with Gasteiger partial charge < -0.3 is 9.73 Å². The van der Waals surface area contributed by atoms with Gasteiger partial charge in [-0.15, -0.1) is 0 Å². The van der Waals surface area contributed by atoms with Crippen molar-refractivity contribution in [2.24, 2.45) is 0 Å². The summed E-state index contributed by atoms with van der Waals surface area (Å²) in [5.74, 6) is -0.901. The first-order valence-corrected chi connectivity index (χ1v) is 8.69. The number of benzene rings is 2. The van der Waals surface area contributed by atoms with Gasteiger partial charge in [0, 0.05) is 12.0 Å². The number of carbonyl (C=O) groups excluding carboxylic acids is 3. The first-order chi connectivity index (χ1) is 13.0. The lowest BCUT2D eigenvalue weighted by Crippen LogP contribution is -2.52. The molecule has 2 heterocycles. The summed E-state index contributed by atoms with van der Waals surface area (Å²) >= 11 is 6.17. The van der Waals surface area contributed by atoms with Crippen LogP contribution in [0.15, 0.2) is 46.9 Å². The molecule has 1 aromatic heterocycles. The largest absolute Gasteiger partial charge is 0.436 e. The summed E-state index contributed by atoms with van der Waals surface area (Å²) in [7, 11) is 0. The van der Waals surface area contributed by atoms with Crippen LogP contribution in [0.1, 0.15) is 23.2 Å². The second kappa shape index (κ2) is 6.85. The Morgan fingerprint density at radius 3 is 2.81 bits per heavy atom. The van der Waals surface area contributed by atoms with E-state index in [9.17, 15) is 14.4 Å². The Kier molecular flexibility index (Phi) is 4.37. The number of oxazole rings is 1. The zero-order valence-corrected chi connectivity index (χ0v) is 14.7. The lowest BCUT2D eigenvalue weighted by atomic mass is 10.1. The van der Waals surface area contributed by atoms with Crippen molar-refractivity contribution < 1.29 is 18.8 Å². The van der Waals surface area contributed by atoms with E-state index in [1.165, 1.54) is 0 Å². The summed E-state index contributed by atoms with van der Waals surface area (Å²) in [6.07, 6.45) is 0.469. The smallest absolute Gasteiger partial charge is 0.252 e. The molecule has 3 amide bonds. The summed E-state index contributed by atoms with van der Waals surface area (Å²) in [5.41, 5.74) is 2.00. The number of amides is 3. The van der Waals surface area contributed by atoms with E-state index < -0.39 is 17.9 Å². The number of piperidine rings is 1. The van der Waals surface area contributed by atoms with E-state index in [0.29, 0.717) is 33.1 Å². The van der Waals surface area contributed by atoms with Crippen LogP contribution in [0.25, 0.3) is 22.6 Å². The van der Waals surface area contributed by atoms with Crippen LogP contribution in [0.3, 0.4) is 0 Å². The normalized spacial score (nSPS) is 17.0. The number of halogens is 1. The number of rotatable bonds is 3. The molecule has 2 N–H and O–H groups in total. The molecule has 2 aromatic carbocycles. The molecular formula is C19H14ClN3O4. The first kappa shape index (κ1) is 17.2. The second-order valence-corrected chi connectivity index (χ2v) is 6.57. The number of aromatic nitrogens is 1. The first-order valence-electron chi connectivity index (χ1n) is 8.31. The number of carbonyl (C=O) groups is 3. The van der Waals surface area contributed by atoms with Crippen LogP contribution in [0.5, 0.6) is 0 Å². The van der Waals surface area contributed by atoms with Gasteiger partial charge in [-0.05, 0) is 36.8 Å². The van der Waals surface area contributed by atoms with Crippen LogP contribution in [0.4, 0.5) is 0 Å². The molecule has 1 aliphatic heterocycles. The minimum atomic E-state index is -0.737. The van der Waals surface area contributed by atoms with Crippen LogP contribution in [0, 0.1) is 0 Å². The molecule has 0 bridgehead atoms. The van der Waals surface area contributed by atoms with Crippen molar-refractivity contribution in [2.45, 2.75) is 18.9 Å². The molecule has 0 aliphatic carbocycles. The van der Waals surface area contributed by atoms with Crippen LogP contribution in [-0.2, 0) is 9.59 Å². The average molecular weight is 384 g/mol. The second-order valence-electron chi connectivity index (χ2n) is 6.16. The van der Waals surface area contributed by atoms with Crippen molar-refractivity contribution in [3.05, 3.63) is 53.1 Å². The van der Waals surface area contributed by atoms with Gasteiger partial charge in [-0.25, -0.2) is 4.98 Å². The third kappa shape index (κ3) is 3.41. The lowest BCUT2D eigenvalue weighted by Gasteiger charge is -2.21. The fourth-order valence-corrected chi connectivity index (χ4v) is 3.11. The summed E-state index contributed by atoms with van der Waals surface area (Å²) < 4.78 is 5.75. The van der Waals surface area contributed by atoms with Gasteiger partial charge in [-0.1, -0.05) is 23.7 Å². The van der Waals surface area contributed by atoms with E-state index >= 15 is 0 Å². The van der Waals surface area contributed by atoms with Gasteiger partial charge >= 0.3 is 0 Å². The molecule has 1 aliphatic rings. The highest BCUT2D eigenvalue weighted by Gasteiger charge is 2.28. The summed E-state index contributed by atoms with van der Waals surface area (Å²) in [4.78, 5) is 39.8. The molecule has 0 spiro atoms. The molecule has 1 atom stereocenters. The van der Waals surface area contributed by atoms with Gasteiger partial charge in [0.05, 0.1) is 10.6 Å². The number of fused-ring (bicyclic) bond motifs is 1. The Morgan fingerprint density at radius 1 is 1.22 bits per heavy atom. The lowest BCUT2D eigenvalue weighted by molar-refractivity contribution is -0.134. The van der Waals surface area contributed by atoms with E-state index in [-0.39, 0.29) is 18.7 Å². The van der Waals surface area contributed by atoms with E-state index in [1.807, 2.05) is 12.1 Å². The zero-order chi connectivity index (χ0) is 19.0. The maximum atomic E-state index is 12.5. The highest BCUT2D eigenvalue weighted by Crippen LogP contribution is 2.30. The van der Waals surface area contributed by atoms with E-state index in [2.05, 4.69) is 15.6 Å². The van der Waals surface area contributed by atoms with Crippen molar-refractivity contribution in [3.63, 3.8) is 0 Å². The van der Waals surface area contributed by atoms with Crippen molar-refractivity contribution >= 4 is 40.4 Å². The number of hydrogen-bond acceptors (Lipinski definition) is 5. The van der Waals surface area contributed by atoms with E-state index in [4.69, 9.17) is 16.0 Å².